The van der Waals surface area contributed by atoms with Gasteiger partial charge in [-0.1, -0.05) is 31.5 Å². The molecule has 1 aliphatic rings. The average molecular weight is 296 g/mol. The Morgan fingerprint density at radius 2 is 2.23 bits per heavy atom. The zero-order valence-electron chi connectivity index (χ0n) is 12.1. The van der Waals surface area contributed by atoms with Crippen LogP contribution in [0.3, 0.4) is 0 Å². The van der Waals surface area contributed by atoms with Crippen LogP contribution in [-0.2, 0) is 6.42 Å². The number of hydrogen-bond donors (Lipinski definition) is 3. The van der Waals surface area contributed by atoms with E-state index >= 15 is 0 Å². The van der Waals surface area contributed by atoms with Gasteiger partial charge >= 0.3 is 0 Å². The molecule has 112 valence electrons. The Balaban J connectivity index is 2.24. The summed E-state index contributed by atoms with van der Waals surface area (Å²) in [6.45, 7) is 2.06. The number of para-hydroxylation sites is 1. The molecule has 0 spiro atoms. The molecule has 1 aromatic heterocycles. The molecule has 1 aliphatic heterocycles. The number of nitrogens with zero attached hydrogens (tertiary/aromatic N) is 2. The number of aromatic nitrogens is 2. The van der Waals surface area contributed by atoms with Crippen LogP contribution in [-0.4, -0.2) is 15.3 Å². The Bertz CT molecular complexity index is 786. The van der Waals surface area contributed by atoms with Crippen LogP contribution in [0.5, 0.6) is 11.6 Å². The van der Waals surface area contributed by atoms with Crippen LogP contribution < -0.4 is 10.5 Å². The van der Waals surface area contributed by atoms with Crippen LogP contribution in [0.25, 0.3) is 0 Å². The van der Waals surface area contributed by atoms with E-state index in [4.69, 9.17) is 10.5 Å². The van der Waals surface area contributed by atoms with Gasteiger partial charge in [0, 0.05) is 11.3 Å². The zero-order chi connectivity index (χ0) is 15.7. The molecule has 0 amide bonds. The van der Waals surface area contributed by atoms with Crippen molar-refractivity contribution >= 4 is 0 Å². The number of ether oxygens (including phenoxy) is 1. The van der Waals surface area contributed by atoms with E-state index in [2.05, 4.69) is 23.2 Å². The number of aryl methyl sites for hydroxylation is 1. The van der Waals surface area contributed by atoms with Gasteiger partial charge in [0.25, 0.3) is 0 Å². The van der Waals surface area contributed by atoms with E-state index in [1.807, 2.05) is 6.07 Å². The largest absolute Gasteiger partial charge is 0.508 e. The van der Waals surface area contributed by atoms with Crippen molar-refractivity contribution in [1.82, 2.24) is 10.2 Å². The van der Waals surface area contributed by atoms with Gasteiger partial charge in [0.05, 0.1) is 11.5 Å². The highest BCUT2D eigenvalue weighted by Gasteiger charge is 2.36. The SMILES string of the molecule is CCCc1[nH]nc2c1[C@H](c1ccccc1O)C(C#N)=C(N)O2. The van der Waals surface area contributed by atoms with Crippen LogP contribution >= 0.6 is 0 Å². The van der Waals surface area contributed by atoms with Crippen LogP contribution in [0, 0.1) is 11.3 Å². The number of nitriles is 1. The number of H-pyrrole nitrogens is 1. The molecule has 6 heteroatoms. The number of aromatic hydroxyl groups is 1. The van der Waals surface area contributed by atoms with Gasteiger partial charge in [0.1, 0.15) is 17.4 Å². The van der Waals surface area contributed by atoms with E-state index < -0.39 is 5.92 Å². The maximum atomic E-state index is 10.2. The summed E-state index contributed by atoms with van der Waals surface area (Å²) in [6, 6.07) is 9.03. The molecular formula is C16H16N4O2. The summed E-state index contributed by atoms with van der Waals surface area (Å²) >= 11 is 0. The summed E-state index contributed by atoms with van der Waals surface area (Å²) in [7, 11) is 0. The fourth-order valence-electron chi connectivity index (χ4n) is 2.79. The van der Waals surface area contributed by atoms with Gasteiger partial charge in [-0.05, 0) is 12.5 Å². The third-order valence-corrected chi connectivity index (χ3v) is 3.77. The molecule has 0 fully saturated rings. The van der Waals surface area contributed by atoms with E-state index in [-0.39, 0.29) is 17.2 Å². The molecular weight excluding hydrogens is 280 g/mol. The minimum atomic E-state index is -0.477. The second-order valence-corrected chi connectivity index (χ2v) is 5.15. The monoisotopic (exact) mass is 296 g/mol. The van der Waals surface area contributed by atoms with Gasteiger partial charge in [0.2, 0.25) is 11.8 Å². The number of nitrogens with two attached hydrogens (primary N) is 1. The van der Waals surface area contributed by atoms with Gasteiger partial charge in [-0.2, -0.15) is 5.26 Å². The third kappa shape index (κ3) is 2.07. The minimum absolute atomic E-state index is 0.0257. The molecule has 0 radical (unpaired) electrons. The van der Waals surface area contributed by atoms with Crippen molar-refractivity contribution in [3.8, 4) is 17.7 Å². The predicted octanol–water partition coefficient (Wildman–Crippen LogP) is 2.29. The van der Waals surface area contributed by atoms with E-state index in [1.165, 1.54) is 0 Å². The smallest absolute Gasteiger partial charge is 0.244 e. The number of phenolic OH excluding ortho intramolecular Hbond substituents is 1. The average Bonchev–Trinajstić information content (AvgIpc) is 2.89. The van der Waals surface area contributed by atoms with Crippen molar-refractivity contribution in [2.75, 3.05) is 0 Å². The first kappa shape index (κ1) is 14.0. The lowest BCUT2D eigenvalue weighted by Gasteiger charge is -2.24. The first-order valence-electron chi connectivity index (χ1n) is 7.10. The summed E-state index contributed by atoms with van der Waals surface area (Å²) < 4.78 is 5.46. The highest BCUT2D eigenvalue weighted by molar-refractivity contribution is 5.57. The number of nitrogens with one attached hydrogen (secondary N) is 1. The molecule has 0 bridgehead atoms. The first-order valence-corrected chi connectivity index (χ1v) is 7.10. The van der Waals surface area contributed by atoms with Gasteiger partial charge in [-0.3, -0.25) is 5.10 Å². The van der Waals surface area contributed by atoms with Crippen molar-refractivity contribution in [2.24, 2.45) is 5.73 Å². The molecule has 3 rings (SSSR count). The van der Waals surface area contributed by atoms with E-state index in [1.54, 1.807) is 18.2 Å². The number of fused-ring (bicyclic) bond motifs is 1. The lowest BCUT2D eigenvalue weighted by molar-refractivity contribution is 0.377. The predicted molar refractivity (Wildman–Crippen MR) is 80.0 cm³/mol. The normalized spacial score (nSPS) is 16.8. The fourth-order valence-corrected chi connectivity index (χ4v) is 2.79. The number of aromatic amines is 1. The standard InChI is InChI=1S/C16H16N4O2/c1-2-5-11-14-13(9-6-3-4-7-12(9)21)10(8-17)15(18)22-16(14)20-19-11/h3-4,6-7,13,21H,2,5,18H2,1H3,(H,19,20)/t13-/m1/s1. The Kier molecular flexibility index (Phi) is 3.47. The van der Waals surface area contributed by atoms with Gasteiger partial charge in [0.15, 0.2) is 0 Å². The van der Waals surface area contributed by atoms with Crippen LogP contribution in [0.1, 0.15) is 36.1 Å². The van der Waals surface area contributed by atoms with Crippen molar-refractivity contribution in [2.45, 2.75) is 25.7 Å². The molecule has 0 aliphatic carbocycles. The minimum Gasteiger partial charge on any atom is -0.508 e. The Hall–Kier alpha value is -2.94. The number of rotatable bonds is 3. The maximum Gasteiger partial charge on any atom is 0.244 e. The summed E-state index contributed by atoms with van der Waals surface area (Å²) in [6.07, 6.45) is 1.69. The Morgan fingerprint density at radius 1 is 1.45 bits per heavy atom. The Labute approximate surface area is 127 Å². The maximum absolute atomic E-state index is 10.2. The molecule has 0 unspecified atom stereocenters. The van der Waals surface area contributed by atoms with Crippen LogP contribution in [0.15, 0.2) is 35.7 Å². The van der Waals surface area contributed by atoms with Crippen molar-refractivity contribution in [1.29, 1.82) is 5.26 Å². The molecule has 6 nitrogen and oxygen atoms in total. The Morgan fingerprint density at radius 3 is 2.91 bits per heavy atom. The molecule has 1 atom stereocenters. The van der Waals surface area contributed by atoms with E-state index in [0.29, 0.717) is 11.4 Å². The quantitative estimate of drug-likeness (QED) is 0.805. The molecule has 1 aromatic carbocycles. The van der Waals surface area contributed by atoms with Crippen molar-refractivity contribution in [3.63, 3.8) is 0 Å². The molecule has 0 saturated carbocycles. The summed E-state index contributed by atoms with van der Waals surface area (Å²) in [5.74, 6) is 0.0332. The fraction of sp³-hybridized carbons (Fsp3) is 0.250. The summed E-state index contributed by atoms with van der Waals surface area (Å²) in [5.41, 5.74) is 8.43. The molecule has 0 saturated heterocycles. The van der Waals surface area contributed by atoms with Crippen LogP contribution in [0.2, 0.25) is 0 Å². The first-order chi connectivity index (χ1) is 10.7. The number of phenols is 1. The molecule has 22 heavy (non-hydrogen) atoms. The molecule has 2 heterocycles. The van der Waals surface area contributed by atoms with E-state index in [0.717, 1.165) is 24.1 Å². The van der Waals surface area contributed by atoms with Crippen molar-refractivity contribution < 1.29 is 9.84 Å². The van der Waals surface area contributed by atoms with Gasteiger partial charge in [-0.15, -0.1) is 5.10 Å². The topological polar surface area (TPSA) is 108 Å². The zero-order valence-corrected chi connectivity index (χ0v) is 12.1. The second-order valence-electron chi connectivity index (χ2n) is 5.15. The highest BCUT2D eigenvalue weighted by atomic mass is 16.5. The highest BCUT2D eigenvalue weighted by Crippen LogP contribution is 2.45. The van der Waals surface area contributed by atoms with Crippen molar-refractivity contribution in [3.05, 3.63) is 52.5 Å². The van der Waals surface area contributed by atoms with Gasteiger partial charge in [-0.25, -0.2) is 0 Å². The van der Waals surface area contributed by atoms with Gasteiger partial charge < -0.3 is 15.6 Å². The second kappa shape index (κ2) is 5.45. The number of hydrogen-bond acceptors (Lipinski definition) is 5. The third-order valence-electron chi connectivity index (χ3n) is 3.77. The molecule has 2 aromatic rings. The summed E-state index contributed by atoms with van der Waals surface area (Å²) in [4.78, 5) is 0. The lowest BCUT2D eigenvalue weighted by Crippen LogP contribution is -2.21. The number of benzene rings is 1. The lowest BCUT2D eigenvalue weighted by atomic mass is 9.83. The molecule has 4 N–H and O–H groups in total. The number of allylic oxidation sites excluding steroid dienone is 1. The summed E-state index contributed by atoms with van der Waals surface area (Å²) in [5, 5.41) is 26.8. The van der Waals surface area contributed by atoms with Crippen LogP contribution in [0.4, 0.5) is 0 Å². The van der Waals surface area contributed by atoms with E-state index in [9.17, 15) is 10.4 Å².